The van der Waals surface area contributed by atoms with Crippen LogP contribution in [0.15, 0.2) is 41.3 Å². The predicted molar refractivity (Wildman–Crippen MR) is 68.2 cm³/mol. The molecule has 1 N–H and O–H groups in total. The van der Waals surface area contributed by atoms with E-state index in [9.17, 15) is 8.42 Å². The van der Waals surface area contributed by atoms with E-state index in [1.54, 1.807) is 24.3 Å². The van der Waals surface area contributed by atoms with Gasteiger partial charge in [0.1, 0.15) is 0 Å². The molecule has 0 radical (unpaired) electrons. The summed E-state index contributed by atoms with van der Waals surface area (Å²) in [4.78, 5) is 0.312. The van der Waals surface area contributed by atoms with Gasteiger partial charge in [-0.2, -0.15) is 0 Å². The van der Waals surface area contributed by atoms with Crippen molar-refractivity contribution in [3.8, 4) is 0 Å². The van der Waals surface area contributed by atoms with Crippen molar-refractivity contribution in [2.24, 2.45) is 5.92 Å². The van der Waals surface area contributed by atoms with Crippen LogP contribution in [0.4, 0.5) is 0 Å². The lowest BCUT2D eigenvalue weighted by atomic mass is 10.2. The minimum atomic E-state index is -3.39. The Hall–Kier alpha value is -1.13. The molecule has 0 unspecified atom stereocenters. The molecular formula is C13H17NO2S. The van der Waals surface area contributed by atoms with Gasteiger partial charge in [0, 0.05) is 6.54 Å². The van der Waals surface area contributed by atoms with Crippen molar-refractivity contribution in [1.82, 2.24) is 4.72 Å². The van der Waals surface area contributed by atoms with Gasteiger partial charge in [-0.15, -0.1) is 0 Å². The number of rotatable bonds is 5. The van der Waals surface area contributed by atoms with Gasteiger partial charge in [0.05, 0.1) is 4.90 Å². The Morgan fingerprint density at radius 2 is 1.94 bits per heavy atom. The van der Waals surface area contributed by atoms with Crippen LogP contribution in [0, 0.1) is 12.8 Å². The number of aryl methyl sites for hydroxylation is 1. The minimum Gasteiger partial charge on any atom is -0.207 e. The zero-order valence-electron chi connectivity index (χ0n) is 9.94. The van der Waals surface area contributed by atoms with Crippen LogP contribution in [0.25, 0.3) is 0 Å². The Morgan fingerprint density at radius 3 is 2.47 bits per heavy atom. The third kappa shape index (κ3) is 3.17. The second-order valence-electron chi connectivity index (χ2n) is 4.57. The van der Waals surface area contributed by atoms with Crippen molar-refractivity contribution in [3.63, 3.8) is 0 Å². The van der Waals surface area contributed by atoms with Crippen LogP contribution in [0.2, 0.25) is 0 Å². The maximum absolute atomic E-state index is 11.9. The monoisotopic (exact) mass is 251 g/mol. The largest absolute Gasteiger partial charge is 0.240 e. The van der Waals surface area contributed by atoms with Crippen molar-refractivity contribution in [3.05, 3.63) is 42.0 Å². The molecule has 2 rings (SSSR count). The van der Waals surface area contributed by atoms with Gasteiger partial charge < -0.3 is 0 Å². The zero-order chi connectivity index (χ0) is 12.5. The van der Waals surface area contributed by atoms with Gasteiger partial charge in [0.2, 0.25) is 10.0 Å². The lowest BCUT2D eigenvalue weighted by Crippen LogP contribution is -2.26. The zero-order valence-corrected chi connectivity index (χ0v) is 10.8. The number of hydrogen-bond acceptors (Lipinski definition) is 2. The normalized spacial score (nSPS) is 15.8. The third-order valence-corrected chi connectivity index (χ3v) is 4.39. The molecule has 1 aliphatic carbocycles. The summed E-state index contributed by atoms with van der Waals surface area (Å²) in [5.74, 6) is 0.524. The molecule has 4 heteroatoms. The molecule has 0 saturated heterocycles. The maximum atomic E-state index is 11.9. The first-order chi connectivity index (χ1) is 7.99. The van der Waals surface area contributed by atoms with Crippen LogP contribution >= 0.6 is 0 Å². The van der Waals surface area contributed by atoms with Crippen molar-refractivity contribution in [1.29, 1.82) is 0 Å². The number of nitrogens with one attached hydrogen (secondary N) is 1. The lowest BCUT2D eigenvalue weighted by Gasteiger charge is -2.08. The van der Waals surface area contributed by atoms with Crippen LogP contribution < -0.4 is 4.72 Å². The van der Waals surface area contributed by atoms with Crippen molar-refractivity contribution >= 4 is 10.0 Å². The van der Waals surface area contributed by atoms with Gasteiger partial charge in [0.15, 0.2) is 0 Å². The summed E-state index contributed by atoms with van der Waals surface area (Å²) in [6.07, 6.45) is 2.29. The first-order valence-electron chi connectivity index (χ1n) is 5.73. The molecular weight excluding hydrogens is 234 g/mol. The number of hydrogen-bond donors (Lipinski definition) is 1. The first-order valence-corrected chi connectivity index (χ1v) is 7.21. The topological polar surface area (TPSA) is 46.2 Å². The van der Waals surface area contributed by atoms with Gasteiger partial charge in [-0.25, -0.2) is 13.1 Å². The molecule has 0 amide bonds. The fourth-order valence-electron chi connectivity index (χ4n) is 1.62. The van der Waals surface area contributed by atoms with Gasteiger partial charge >= 0.3 is 0 Å². The van der Waals surface area contributed by atoms with Crippen molar-refractivity contribution < 1.29 is 8.42 Å². The summed E-state index contributed by atoms with van der Waals surface area (Å²) in [6.45, 7) is 6.18. The second-order valence-corrected chi connectivity index (χ2v) is 6.34. The van der Waals surface area contributed by atoms with E-state index < -0.39 is 10.0 Å². The summed E-state index contributed by atoms with van der Waals surface area (Å²) in [7, 11) is -3.39. The average Bonchev–Trinajstić information content (AvgIpc) is 3.10. The van der Waals surface area contributed by atoms with Crippen LogP contribution in [0.5, 0.6) is 0 Å². The minimum absolute atomic E-state index is 0.312. The highest BCUT2D eigenvalue weighted by Gasteiger charge is 2.25. The Morgan fingerprint density at radius 1 is 1.35 bits per heavy atom. The van der Waals surface area contributed by atoms with Gasteiger partial charge in [-0.05, 0) is 37.8 Å². The average molecular weight is 251 g/mol. The fraction of sp³-hybridized carbons (Fsp3) is 0.385. The smallest absolute Gasteiger partial charge is 0.207 e. The summed E-state index contributed by atoms with van der Waals surface area (Å²) in [5.41, 5.74) is 2.03. The van der Waals surface area contributed by atoms with Crippen LogP contribution in [-0.4, -0.2) is 15.0 Å². The molecule has 0 atom stereocenters. The van der Waals surface area contributed by atoms with Gasteiger partial charge in [-0.3, -0.25) is 0 Å². The summed E-state index contributed by atoms with van der Waals surface area (Å²) >= 11 is 0. The summed E-state index contributed by atoms with van der Waals surface area (Å²) < 4.78 is 26.5. The molecule has 0 spiro atoms. The van der Waals surface area contributed by atoms with Crippen LogP contribution in [0.3, 0.4) is 0 Å². The Labute approximate surface area is 103 Å². The maximum Gasteiger partial charge on any atom is 0.240 e. The first kappa shape index (κ1) is 12.3. The van der Waals surface area contributed by atoms with E-state index in [1.165, 1.54) is 0 Å². The van der Waals surface area contributed by atoms with Crippen LogP contribution in [0.1, 0.15) is 18.4 Å². The van der Waals surface area contributed by atoms with E-state index in [4.69, 9.17) is 0 Å². The molecule has 3 nitrogen and oxygen atoms in total. The Balaban J connectivity index is 2.02. The van der Waals surface area contributed by atoms with E-state index in [0.717, 1.165) is 24.0 Å². The molecule has 92 valence electrons. The predicted octanol–water partition coefficient (Wildman–Crippen LogP) is 2.24. The summed E-state index contributed by atoms with van der Waals surface area (Å²) in [6, 6.07) is 6.84. The summed E-state index contributed by atoms with van der Waals surface area (Å²) in [5, 5.41) is 0. The Bertz CT molecular complexity index is 513. The molecule has 1 aromatic rings. The van der Waals surface area contributed by atoms with E-state index in [1.807, 2.05) is 6.92 Å². The van der Waals surface area contributed by atoms with Gasteiger partial charge in [0.25, 0.3) is 0 Å². The molecule has 0 heterocycles. The van der Waals surface area contributed by atoms with Crippen molar-refractivity contribution in [2.45, 2.75) is 24.7 Å². The molecule has 0 bridgehead atoms. The standard InChI is InChI=1S/C13H17NO2S/c1-10-3-7-13(8-4-10)17(15,16)14-9-11(2)12-5-6-12/h3-4,7-8,12,14H,2,5-6,9H2,1H3. The highest BCUT2D eigenvalue weighted by Crippen LogP contribution is 2.35. The molecule has 1 aromatic carbocycles. The van der Waals surface area contributed by atoms with Crippen molar-refractivity contribution in [2.75, 3.05) is 6.54 Å². The Kier molecular flexibility index (Phi) is 3.35. The number of sulfonamides is 1. The quantitative estimate of drug-likeness (QED) is 0.816. The molecule has 1 aliphatic rings. The number of benzene rings is 1. The van der Waals surface area contributed by atoms with Crippen LogP contribution in [-0.2, 0) is 10.0 Å². The van der Waals surface area contributed by atoms with E-state index in [-0.39, 0.29) is 0 Å². The van der Waals surface area contributed by atoms with E-state index in [0.29, 0.717) is 17.4 Å². The molecule has 17 heavy (non-hydrogen) atoms. The molecule has 1 fully saturated rings. The molecule has 1 saturated carbocycles. The SMILES string of the molecule is C=C(CNS(=O)(=O)c1ccc(C)cc1)C1CC1. The van der Waals surface area contributed by atoms with E-state index >= 15 is 0 Å². The molecule has 0 aromatic heterocycles. The van der Waals surface area contributed by atoms with E-state index in [2.05, 4.69) is 11.3 Å². The second kappa shape index (κ2) is 4.63. The molecule has 0 aliphatic heterocycles. The fourth-order valence-corrected chi connectivity index (χ4v) is 2.66. The third-order valence-electron chi connectivity index (χ3n) is 2.98. The highest BCUT2D eigenvalue weighted by molar-refractivity contribution is 7.89. The highest BCUT2D eigenvalue weighted by atomic mass is 32.2. The van der Waals surface area contributed by atoms with Gasteiger partial charge in [-0.1, -0.05) is 29.8 Å². The lowest BCUT2D eigenvalue weighted by molar-refractivity contribution is 0.584.